The van der Waals surface area contributed by atoms with E-state index in [0.717, 1.165) is 18.4 Å². The zero-order chi connectivity index (χ0) is 14.6. The highest BCUT2D eigenvalue weighted by Gasteiger charge is 2.22. The molecule has 1 aromatic rings. The summed E-state index contributed by atoms with van der Waals surface area (Å²) in [4.78, 5) is 8.61. The van der Waals surface area contributed by atoms with Crippen molar-refractivity contribution >= 4 is 17.4 Å². The van der Waals surface area contributed by atoms with Gasteiger partial charge in [0.1, 0.15) is 16.8 Å². The van der Waals surface area contributed by atoms with Gasteiger partial charge in [-0.15, -0.1) is 0 Å². The number of anilines is 1. The smallest absolute Gasteiger partial charge is 0.137 e. The van der Waals surface area contributed by atoms with E-state index in [9.17, 15) is 5.11 Å². The van der Waals surface area contributed by atoms with Crippen molar-refractivity contribution in [2.75, 3.05) is 11.9 Å². The van der Waals surface area contributed by atoms with Crippen LogP contribution in [0.15, 0.2) is 0 Å². The maximum Gasteiger partial charge on any atom is 0.137 e. The molecule has 0 aliphatic heterocycles. The molecular formula is C14H24ClN3O. The SMILES string of the molecule is CCc1nc(Cl)c(C)c(NCC(C)(O)CC(C)C)n1. The summed E-state index contributed by atoms with van der Waals surface area (Å²) in [5.74, 6) is 1.86. The maximum absolute atomic E-state index is 10.3. The van der Waals surface area contributed by atoms with Crippen LogP contribution in [0.2, 0.25) is 5.15 Å². The molecule has 0 saturated heterocycles. The van der Waals surface area contributed by atoms with Gasteiger partial charge in [-0.2, -0.15) is 0 Å². The van der Waals surface area contributed by atoms with Gasteiger partial charge in [0.2, 0.25) is 0 Å². The van der Waals surface area contributed by atoms with Crippen molar-refractivity contribution in [3.8, 4) is 0 Å². The van der Waals surface area contributed by atoms with Crippen LogP contribution in [0.25, 0.3) is 0 Å². The summed E-state index contributed by atoms with van der Waals surface area (Å²) in [6.45, 7) is 10.3. The fraction of sp³-hybridized carbons (Fsp3) is 0.714. The van der Waals surface area contributed by atoms with Crippen LogP contribution in [0, 0.1) is 12.8 Å². The molecule has 0 bridgehead atoms. The van der Waals surface area contributed by atoms with Crippen LogP contribution in [0.3, 0.4) is 0 Å². The lowest BCUT2D eigenvalue weighted by atomic mass is 9.94. The molecule has 1 rings (SSSR count). The van der Waals surface area contributed by atoms with E-state index in [4.69, 9.17) is 11.6 Å². The van der Waals surface area contributed by atoms with Crippen molar-refractivity contribution in [1.82, 2.24) is 9.97 Å². The highest BCUT2D eigenvalue weighted by atomic mass is 35.5. The number of nitrogens with one attached hydrogen (secondary N) is 1. The van der Waals surface area contributed by atoms with Crippen molar-refractivity contribution in [3.63, 3.8) is 0 Å². The highest BCUT2D eigenvalue weighted by molar-refractivity contribution is 6.30. The van der Waals surface area contributed by atoms with Crippen LogP contribution < -0.4 is 5.32 Å². The van der Waals surface area contributed by atoms with E-state index in [1.165, 1.54) is 0 Å². The summed E-state index contributed by atoms with van der Waals surface area (Å²) in [6.07, 6.45) is 1.47. The number of aromatic nitrogens is 2. The molecule has 0 aliphatic carbocycles. The first-order valence-corrected chi connectivity index (χ1v) is 7.12. The number of halogens is 1. The molecule has 0 amide bonds. The van der Waals surface area contributed by atoms with Gasteiger partial charge in [0, 0.05) is 18.5 Å². The lowest BCUT2D eigenvalue weighted by Crippen LogP contribution is -2.35. The van der Waals surface area contributed by atoms with Gasteiger partial charge in [0.05, 0.1) is 5.60 Å². The molecule has 0 fully saturated rings. The Hall–Kier alpha value is -0.870. The molecule has 1 atom stereocenters. The Bertz CT molecular complexity index is 433. The zero-order valence-corrected chi connectivity index (χ0v) is 13.2. The van der Waals surface area contributed by atoms with Gasteiger partial charge < -0.3 is 10.4 Å². The van der Waals surface area contributed by atoms with E-state index in [2.05, 4.69) is 29.1 Å². The van der Waals surface area contributed by atoms with Gasteiger partial charge in [0.15, 0.2) is 0 Å². The van der Waals surface area contributed by atoms with Crippen LogP contribution in [0.4, 0.5) is 5.82 Å². The molecule has 0 spiro atoms. The molecule has 0 aromatic carbocycles. The molecule has 0 saturated carbocycles. The summed E-state index contributed by atoms with van der Waals surface area (Å²) >= 11 is 6.08. The van der Waals surface area contributed by atoms with E-state index in [-0.39, 0.29) is 0 Å². The minimum absolute atomic E-state index is 0.443. The summed E-state index contributed by atoms with van der Waals surface area (Å²) < 4.78 is 0. The van der Waals surface area contributed by atoms with Crippen molar-refractivity contribution in [3.05, 3.63) is 16.5 Å². The van der Waals surface area contributed by atoms with Crippen LogP contribution in [-0.4, -0.2) is 27.2 Å². The first kappa shape index (κ1) is 16.2. The molecule has 1 unspecified atom stereocenters. The van der Waals surface area contributed by atoms with Crippen LogP contribution in [-0.2, 0) is 6.42 Å². The lowest BCUT2D eigenvalue weighted by molar-refractivity contribution is 0.0514. The van der Waals surface area contributed by atoms with Crippen LogP contribution in [0.1, 0.15) is 45.5 Å². The molecule has 0 aliphatic rings. The quantitative estimate of drug-likeness (QED) is 0.788. The van der Waals surface area contributed by atoms with Crippen molar-refractivity contribution in [2.45, 2.75) is 53.1 Å². The summed E-state index contributed by atoms with van der Waals surface area (Å²) in [5.41, 5.74) is 0.0592. The average molecular weight is 286 g/mol. The number of aliphatic hydroxyl groups is 1. The Labute approximate surface area is 120 Å². The molecule has 1 heterocycles. The van der Waals surface area contributed by atoms with Gasteiger partial charge in [-0.05, 0) is 26.2 Å². The van der Waals surface area contributed by atoms with E-state index >= 15 is 0 Å². The molecule has 108 valence electrons. The molecule has 0 radical (unpaired) electrons. The number of aryl methyl sites for hydroxylation is 1. The number of nitrogens with zero attached hydrogens (tertiary/aromatic N) is 2. The van der Waals surface area contributed by atoms with Gasteiger partial charge in [-0.25, -0.2) is 9.97 Å². The highest BCUT2D eigenvalue weighted by Crippen LogP contribution is 2.22. The average Bonchev–Trinajstić information content (AvgIpc) is 2.29. The Kier molecular flexibility index (Phi) is 5.56. The fourth-order valence-electron chi connectivity index (χ4n) is 2.09. The van der Waals surface area contributed by atoms with Gasteiger partial charge in [0.25, 0.3) is 0 Å². The minimum Gasteiger partial charge on any atom is -0.388 e. The number of hydrogen-bond acceptors (Lipinski definition) is 4. The van der Waals surface area contributed by atoms with Crippen LogP contribution >= 0.6 is 11.6 Å². The Balaban J connectivity index is 2.80. The van der Waals surface area contributed by atoms with Gasteiger partial charge >= 0.3 is 0 Å². The van der Waals surface area contributed by atoms with Crippen molar-refractivity contribution in [2.24, 2.45) is 5.92 Å². The topological polar surface area (TPSA) is 58.0 Å². The summed E-state index contributed by atoms with van der Waals surface area (Å²) in [6, 6.07) is 0. The van der Waals surface area contributed by atoms with Gasteiger partial charge in [-0.1, -0.05) is 32.4 Å². The Morgan fingerprint density at radius 1 is 1.37 bits per heavy atom. The van der Waals surface area contributed by atoms with E-state index < -0.39 is 5.60 Å². The maximum atomic E-state index is 10.3. The third-order valence-corrected chi connectivity index (χ3v) is 3.30. The third-order valence-electron chi connectivity index (χ3n) is 2.93. The largest absolute Gasteiger partial charge is 0.388 e. The molecule has 1 aromatic heterocycles. The molecular weight excluding hydrogens is 262 g/mol. The molecule has 4 nitrogen and oxygen atoms in total. The van der Waals surface area contributed by atoms with Gasteiger partial charge in [-0.3, -0.25) is 0 Å². The minimum atomic E-state index is -0.760. The van der Waals surface area contributed by atoms with Crippen molar-refractivity contribution < 1.29 is 5.11 Å². The van der Waals surface area contributed by atoms with Crippen molar-refractivity contribution in [1.29, 1.82) is 0 Å². The first-order chi connectivity index (χ1) is 8.75. The van der Waals surface area contributed by atoms with Crippen LogP contribution in [0.5, 0.6) is 0 Å². The number of hydrogen-bond donors (Lipinski definition) is 2. The summed E-state index contributed by atoms with van der Waals surface area (Å²) in [7, 11) is 0. The molecule has 5 heteroatoms. The standard InChI is InChI=1S/C14H24ClN3O/c1-6-11-17-12(15)10(4)13(18-11)16-8-14(5,19)7-9(2)3/h9,19H,6-8H2,1-5H3,(H,16,17,18). The second-order valence-electron chi connectivity index (χ2n) is 5.71. The van der Waals surface area contributed by atoms with E-state index in [1.54, 1.807) is 0 Å². The second kappa shape index (κ2) is 6.53. The second-order valence-corrected chi connectivity index (χ2v) is 6.06. The predicted octanol–water partition coefficient (Wildman–Crippen LogP) is 3.21. The number of rotatable bonds is 6. The fourth-order valence-corrected chi connectivity index (χ4v) is 2.28. The third kappa shape index (κ3) is 4.96. The molecule has 2 N–H and O–H groups in total. The first-order valence-electron chi connectivity index (χ1n) is 6.74. The Morgan fingerprint density at radius 3 is 2.53 bits per heavy atom. The summed E-state index contributed by atoms with van der Waals surface area (Å²) in [5, 5.41) is 14.0. The lowest BCUT2D eigenvalue weighted by Gasteiger charge is -2.26. The Morgan fingerprint density at radius 2 is 2.00 bits per heavy atom. The van der Waals surface area contributed by atoms with E-state index in [1.807, 2.05) is 20.8 Å². The predicted molar refractivity (Wildman–Crippen MR) is 79.7 cm³/mol. The normalized spacial score (nSPS) is 14.5. The van der Waals surface area contributed by atoms with E-state index in [0.29, 0.717) is 29.3 Å². The monoisotopic (exact) mass is 285 g/mol. The zero-order valence-electron chi connectivity index (χ0n) is 12.4. The molecule has 19 heavy (non-hydrogen) atoms.